The number of hydrogen-bond donors (Lipinski definition) is 1. The quantitative estimate of drug-likeness (QED) is 0.839. The van der Waals surface area contributed by atoms with E-state index in [0.717, 1.165) is 10.5 Å². The molecular weight excluding hydrogens is 285 g/mol. The van der Waals surface area contributed by atoms with Crippen LogP contribution in [-0.2, 0) is 4.79 Å². The van der Waals surface area contributed by atoms with Gasteiger partial charge in [-0.25, -0.2) is 4.39 Å². The van der Waals surface area contributed by atoms with E-state index in [0.29, 0.717) is 0 Å². The number of hydrogen-bond acceptors (Lipinski definition) is 2. The molecule has 0 aromatic heterocycles. The Morgan fingerprint density at radius 2 is 1.67 bits per heavy atom. The van der Waals surface area contributed by atoms with Crippen molar-refractivity contribution in [2.45, 2.75) is 30.0 Å². The van der Waals surface area contributed by atoms with Crippen molar-refractivity contribution in [3.63, 3.8) is 0 Å². The van der Waals surface area contributed by atoms with Gasteiger partial charge in [0.2, 0.25) is 5.91 Å². The molecule has 2 aromatic carbocycles. The van der Waals surface area contributed by atoms with E-state index in [1.54, 1.807) is 12.1 Å². The van der Waals surface area contributed by atoms with Crippen molar-refractivity contribution in [3.8, 4) is 0 Å². The maximum Gasteiger partial charge on any atom is 0.233 e. The number of carbonyl (C=O) groups excluding carboxylic acids is 1. The Bertz CT molecular complexity index is 585. The van der Waals surface area contributed by atoms with Gasteiger partial charge in [-0.1, -0.05) is 30.3 Å². The molecule has 0 heterocycles. The molecule has 2 aromatic rings. The summed E-state index contributed by atoms with van der Waals surface area (Å²) in [6, 6.07) is 16.0. The standard InChI is InChI=1S/C17H18FNOS/c1-12(14-6-4-3-5-7-14)19-17(20)13(2)21-16-10-8-15(18)9-11-16/h3-13H,1-2H3,(H,19,20). The first-order chi connectivity index (χ1) is 10.1. The predicted molar refractivity (Wildman–Crippen MR) is 84.7 cm³/mol. The Morgan fingerprint density at radius 3 is 2.29 bits per heavy atom. The zero-order valence-electron chi connectivity index (χ0n) is 12.0. The van der Waals surface area contributed by atoms with E-state index in [4.69, 9.17) is 0 Å². The van der Waals surface area contributed by atoms with Crippen molar-refractivity contribution in [1.82, 2.24) is 5.32 Å². The van der Waals surface area contributed by atoms with Crippen LogP contribution in [0.4, 0.5) is 4.39 Å². The van der Waals surface area contributed by atoms with Gasteiger partial charge in [-0.15, -0.1) is 11.8 Å². The lowest BCUT2D eigenvalue weighted by atomic mass is 10.1. The van der Waals surface area contributed by atoms with Crippen LogP contribution < -0.4 is 5.32 Å². The summed E-state index contributed by atoms with van der Waals surface area (Å²) >= 11 is 1.42. The van der Waals surface area contributed by atoms with Crippen LogP contribution in [0, 0.1) is 5.82 Å². The van der Waals surface area contributed by atoms with E-state index in [1.807, 2.05) is 44.2 Å². The van der Waals surface area contributed by atoms with Gasteiger partial charge >= 0.3 is 0 Å². The van der Waals surface area contributed by atoms with Gasteiger partial charge in [0, 0.05) is 4.90 Å². The van der Waals surface area contributed by atoms with Crippen molar-refractivity contribution in [2.75, 3.05) is 0 Å². The fourth-order valence-electron chi connectivity index (χ4n) is 1.93. The van der Waals surface area contributed by atoms with Crippen molar-refractivity contribution in [2.24, 2.45) is 0 Å². The van der Waals surface area contributed by atoms with Gasteiger partial charge in [0.25, 0.3) is 0 Å². The van der Waals surface area contributed by atoms with Gasteiger partial charge < -0.3 is 5.32 Å². The molecule has 2 nitrogen and oxygen atoms in total. The summed E-state index contributed by atoms with van der Waals surface area (Å²) in [7, 11) is 0. The van der Waals surface area contributed by atoms with Crippen LogP contribution in [0.5, 0.6) is 0 Å². The maximum atomic E-state index is 12.9. The van der Waals surface area contributed by atoms with Gasteiger partial charge in [0.05, 0.1) is 11.3 Å². The van der Waals surface area contributed by atoms with E-state index < -0.39 is 0 Å². The lowest BCUT2D eigenvalue weighted by Gasteiger charge is -2.17. The van der Waals surface area contributed by atoms with Crippen LogP contribution in [-0.4, -0.2) is 11.2 Å². The average Bonchev–Trinajstić information content (AvgIpc) is 2.50. The zero-order valence-corrected chi connectivity index (χ0v) is 12.9. The second-order valence-electron chi connectivity index (χ2n) is 4.85. The molecule has 110 valence electrons. The Kier molecular flexibility index (Phi) is 5.39. The molecule has 0 saturated carbocycles. The fraction of sp³-hybridized carbons (Fsp3) is 0.235. The van der Waals surface area contributed by atoms with E-state index in [9.17, 15) is 9.18 Å². The topological polar surface area (TPSA) is 29.1 Å². The number of rotatable bonds is 5. The summed E-state index contributed by atoms with van der Waals surface area (Å²) in [4.78, 5) is 13.1. The third-order valence-corrected chi connectivity index (χ3v) is 4.27. The molecule has 2 unspecified atom stereocenters. The van der Waals surface area contributed by atoms with Crippen molar-refractivity contribution >= 4 is 17.7 Å². The third kappa shape index (κ3) is 4.60. The van der Waals surface area contributed by atoms with E-state index >= 15 is 0 Å². The van der Waals surface area contributed by atoms with Crippen molar-refractivity contribution < 1.29 is 9.18 Å². The average molecular weight is 303 g/mol. The highest BCUT2D eigenvalue weighted by Crippen LogP contribution is 2.24. The molecular formula is C17H18FNOS. The van der Waals surface area contributed by atoms with Gasteiger partial charge in [-0.05, 0) is 43.7 Å². The number of amides is 1. The highest BCUT2D eigenvalue weighted by molar-refractivity contribution is 8.00. The first-order valence-electron chi connectivity index (χ1n) is 6.84. The highest BCUT2D eigenvalue weighted by Gasteiger charge is 2.17. The highest BCUT2D eigenvalue weighted by atomic mass is 32.2. The summed E-state index contributed by atoms with van der Waals surface area (Å²) < 4.78 is 12.9. The van der Waals surface area contributed by atoms with Gasteiger partial charge in [-0.3, -0.25) is 4.79 Å². The minimum absolute atomic E-state index is 0.0271. The molecule has 0 radical (unpaired) electrons. The molecule has 4 heteroatoms. The van der Waals surface area contributed by atoms with Crippen molar-refractivity contribution in [1.29, 1.82) is 0 Å². The number of carbonyl (C=O) groups is 1. The Balaban J connectivity index is 1.92. The second-order valence-corrected chi connectivity index (χ2v) is 6.27. The molecule has 0 aliphatic heterocycles. The minimum atomic E-state index is -0.269. The number of benzene rings is 2. The van der Waals surface area contributed by atoms with Crippen molar-refractivity contribution in [3.05, 3.63) is 66.0 Å². The molecule has 21 heavy (non-hydrogen) atoms. The largest absolute Gasteiger partial charge is 0.349 e. The first kappa shape index (κ1) is 15.6. The summed E-state index contributed by atoms with van der Waals surface area (Å²) in [6.07, 6.45) is 0. The van der Waals surface area contributed by atoms with Crippen LogP contribution in [0.3, 0.4) is 0 Å². The molecule has 0 spiro atoms. The predicted octanol–water partition coefficient (Wildman–Crippen LogP) is 4.18. The second kappa shape index (κ2) is 7.27. The first-order valence-corrected chi connectivity index (χ1v) is 7.72. The molecule has 0 aliphatic rings. The van der Waals surface area contributed by atoms with E-state index in [1.165, 1.54) is 23.9 Å². The molecule has 0 bridgehead atoms. The van der Waals surface area contributed by atoms with E-state index in [-0.39, 0.29) is 23.0 Å². The van der Waals surface area contributed by atoms with Gasteiger partial charge in [-0.2, -0.15) is 0 Å². The fourth-order valence-corrected chi connectivity index (χ4v) is 2.80. The van der Waals surface area contributed by atoms with Crippen LogP contribution in [0.1, 0.15) is 25.5 Å². The molecule has 1 amide bonds. The summed E-state index contributed by atoms with van der Waals surface area (Å²) in [5.41, 5.74) is 1.07. The molecule has 0 aliphatic carbocycles. The summed E-state index contributed by atoms with van der Waals surface area (Å²) in [5, 5.41) is 2.76. The minimum Gasteiger partial charge on any atom is -0.349 e. The Labute approximate surface area is 128 Å². The van der Waals surface area contributed by atoms with Gasteiger partial charge in [0.15, 0.2) is 0 Å². The molecule has 0 fully saturated rings. The molecule has 0 saturated heterocycles. The SMILES string of the molecule is CC(Sc1ccc(F)cc1)C(=O)NC(C)c1ccccc1. The number of nitrogens with one attached hydrogen (secondary N) is 1. The number of thioether (sulfide) groups is 1. The molecule has 1 N–H and O–H groups in total. The Morgan fingerprint density at radius 1 is 1.05 bits per heavy atom. The molecule has 2 atom stereocenters. The maximum absolute atomic E-state index is 12.9. The van der Waals surface area contributed by atoms with E-state index in [2.05, 4.69) is 5.32 Å². The normalized spacial score (nSPS) is 13.5. The number of halogens is 1. The zero-order chi connectivity index (χ0) is 15.2. The third-order valence-electron chi connectivity index (χ3n) is 3.15. The van der Waals surface area contributed by atoms with Crippen LogP contribution in [0.25, 0.3) is 0 Å². The van der Waals surface area contributed by atoms with Crippen LogP contribution in [0.2, 0.25) is 0 Å². The van der Waals surface area contributed by atoms with Gasteiger partial charge in [0.1, 0.15) is 5.82 Å². The summed E-state index contributed by atoms with van der Waals surface area (Å²) in [5.74, 6) is -0.296. The monoisotopic (exact) mass is 303 g/mol. The smallest absolute Gasteiger partial charge is 0.233 e. The van der Waals surface area contributed by atoms with Crippen LogP contribution in [0.15, 0.2) is 59.5 Å². The molecule has 2 rings (SSSR count). The van der Waals surface area contributed by atoms with Crippen LogP contribution >= 0.6 is 11.8 Å². The Hall–Kier alpha value is -1.81. The summed E-state index contributed by atoms with van der Waals surface area (Å²) in [6.45, 7) is 3.81. The lowest BCUT2D eigenvalue weighted by Crippen LogP contribution is -2.33. The lowest BCUT2D eigenvalue weighted by molar-refractivity contribution is -0.120.